The number of nitrogen functional groups attached to an aromatic ring is 1. The van der Waals surface area contributed by atoms with E-state index in [0.29, 0.717) is 18.9 Å². The van der Waals surface area contributed by atoms with Crippen LogP contribution in [0, 0.1) is 27.7 Å². The zero-order valence-electron chi connectivity index (χ0n) is 13.2. The quantitative estimate of drug-likeness (QED) is 0.668. The van der Waals surface area contributed by atoms with Crippen LogP contribution in [0.25, 0.3) is 0 Å². The molecule has 3 nitrogen and oxygen atoms in total. The molecule has 0 fully saturated rings. The van der Waals surface area contributed by atoms with Crippen molar-refractivity contribution in [2.45, 2.75) is 27.7 Å². The van der Waals surface area contributed by atoms with Crippen molar-refractivity contribution in [1.29, 1.82) is 0 Å². The lowest BCUT2D eigenvalue weighted by atomic mass is 10.1. The van der Waals surface area contributed by atoms with Gasteiger partial charge in [-0.05, 0) is 68.1 Å². The summed E-state index contributed by atoms with van der Waals surface area (Å²) in [5.41, 5.74) is 11.3. The topological polar surface area (TPSA) is 44.5 Å². The van der Waals surface area contributed by atoms with Crippen molar-refractivity contribution in [1.82, 2.24) is 0 Å². The predicted molar refractivity (Wildman–Crippen MR) is 87.2 cm³/mol. The van der Waals surface area contributed by atoms with Crippen LogP contribution in [0.15, 0.2) is 30.3 Å². The molecule has 0 atom stereocenters. The Balaban J connectivity index is 1.90. The van der Waals surface area contributed by atoms with Gasteiger partial charge in [0.15, 0.2) is 0 Å². The van der Waals surface area contributed by atoms with Gasteiger partial charge in [-0.25, -0.2) is 0 Å². The minimum atomic E-state index is 0.472. The monoisotopic (exact) mass is 285 g/mol. The van der Waals surface area contributed by atoms with Crippen LogP contribution in [0.5, 0.6) is 11.5 Å². The van der Waals surface area contributed by atoms with Gasteiger partial charge in [0.05, 0.1) is 5.69 Å². The number of aryl methyl sites for hydroxylation is 4. The van der Waals surface area contributed by atoms with E-state index in [1.807, 2.05) is 25.1 Å². The van der Waals surface area contributed by atoms with Crippen molar-refractivity contribution >= 4 is 5.69 Å². The Hall–Kier alpha value is -2.16. The van der Waals surface area contributed by atoms with E-state index in [9.17, 15) is 0 Å². The van der Waals surface area contributed by atoms with Gasteiger partial charge in [-0.2, -0.15) is 0 Å². The van der Waals surface area contributed by atoms with Crippen LogP contribution in [-0.4, -0.2) is 13.2 Å². The molecule has 0 aliphatic heterocycles. The van der Waals surface area contributed by atoms with Crippen LogP contribution >= 0.6 is 0 Å². The molecule has 0 aliphatic carbocycles. The van der Waals surface area contributed by atoms with Crippen LogP contribution in [0.1, 0.15) is 22.3 Å². The van der Waals surface area contributed by atoms with Crippen LogP contribution < -0.4 is 15.2 Å². The minimum Gasteiger partial charge on any atom is -0.490 e. The molecule has 2 N–H and O–H groups in total. The Bertz CT molecular complexity index is 635. The van der Waals surface area contributed by atoms with Gasteiger partial charge in [-0.1, -0.05) is 12.1 Å². The Morgan fingerprint density at radius 2 is 1.38 bits per heavy atom. The highest BCUT2D eigenvalue weighted by Crippen LogP contribution is 2.24. The average Bonchev–Trinajstić information content (AvgIpc) is 2.43. The zero-order chi connectivity index (χ0) is 15.4. The lowest BCUT2D eigenvalue weighted by molar-refractivity contribution is 0.217. The van der Waals surface area contributed by atoms with Crippen molar-refractivity contribution in [3.05, 3.63) is 52.6 Å². The molecular formula is C18H23NO2. The van der Waals surface area contributed by atoms with Gasteiger partial charge in [-0.15, -0.1) is 0 Å². The maximum absolute atomic E-state index is 5.88. The summed E-state index contributed by atoms with van der Waals surface area (Å²) in [6, 6.07) is 9.99. The summed E-state index contributed by atoms with van der Waals surface area (Å²) < 4.78 is 11.5. The smallest absolute Gasteiger partial charge is 0.142 e. The van der Waals surface area contributed by atoms with Gasteiger partial charge in [0.1, 0.15) is 24.7 Å². The van der Waals surface area contributed by atoms with E-state index in [4.69, 9.17) is 15.2 Å². The number of nitrogens with two attached hydrogens (primary N) is 1. The molecule has 0 radical (unpaired) electrons. The lowest BCUT2D eigenvalue weighted by Gasteiger charge is -2.13. The fourth-order valence-corrected chi connectivity index (χ4v) is 2.16. The highest BCUT2D eigenvalue weighted by Gasteiger charge is 2.04. The summed E-state index contributed by atoms with van der Waals surface area (Å²) in [4.78, 5) is 0. The first-order valence-corrected chi connectivity index (χ1v) is 7.17. The number of ether oxygens (including phenoxy) is 2. The maximum Gasteiger partial charge on any atom is 0.142 e. The first-order valence-electron chi connectivity index (χ1n) is 7.17. The number of rotatable bonds is 5. The van der Waals surface area contributed by atoms with Gasteiger partial charge >= 0.3 is 0 Å². The Morgan fingerprint density at radius 1 is 0.762 bits per heavy atom. The first-order chi connectivity index (χ1) is 9.97. The van der Waals surface area contributed by atoms with E-state index in [-0.39, 0.29) is 0 Å². The normalized spacial score (nSPS) is 10.5. The standard InChI is InChI=1S/C18H23NO2/c1-12-5-6-16(19)18(9-12)21-8-7-20-17-11-14(3)13(2)10-15(17)4/h5-6,9-11H,7-8,19H2,1-4H3. The molecule has 2 aromatic rings. The fraction of sp³-hybridized carbons (Fsp3) is 0.333. The average molecular weight is 285 g/mol. The van der Waals surface area contributed by atoms with Crippen LogP contribution in [0.3, 0.4) is 0 Å². The summed E-state index contributed by atoms with van der Waals surface area (Å²) >= 11 is 0. The number of benzene rings is 2. The number of hydrogen-bond acceptors (Lipinski definition) is 3. The van der Waals surface area contributed by atoms with Crippen molar-refractivity contribution in [2.75, 3.05) is 18.9 Å². The van der Waals surface area contributed by atoms with Gasteiger partial charge in [0, 0.05) is 0 Å². The molecule has 0 heterocycles. The summed E-state index contributed by atoms with van der Waals surface area (Å²) in [5.74, 6) is 1.63. The van der Waals surface area contributed by atoms with Crippen LogP contribution in [0.2, 0.25) is 0 Å². The Morgan fingerprint density at radius 3 is 2.10 bits per heavy atom. The number of anilines is 1. The van der Waals surface area contributed by atoms with Crippen molar-refractivity contribution in [3.8, 4) is 11.5 Å². The molecule has 0 unspecified atom stereocenters. The van der Waals surface area contributed by atoms with Gasteiger partial charge in [0.25, 0.3) is 0 Å². The second kappa shape index (κ2) is 6.53. The molecule has 0 amide bonds. The van der Waals surface area contributed by atoms with Crippen molar-refractivity contribution in [3.63, 3.8) is 0 Å². The molecule has 112 valence electrons. The highest BCUT2D eigenvalue weighted by atomic mass is 16.5. The maximum atomic E-state index is 5.88. The van der Waals surface area contributed by atoms with Gasteiger partial charge in [-0.3, -0.25) is 0 Å². The molecule has 2 rings (SSSR count). The zero-order valence-corrected chi connectivity index (χ0v) is 13.2. The number of hydrogen-bond donors (Lipinski definition) is 1. The van der Waals surface area contributed by atoms with Crippen molar-refractivity contribution < 1.29 is 9.47 Å². The third-order valence-electron chi connectivity index (χ3n) is 3.56. The summed E-state index contributed by atoms with van der Waals surface area (Å²) in [5, 5.41) is 0. The molecule has 0 bridgehead atoms. The highest BCUT2D eigenvalue weighted by molar-refractivity contribution is 5.53. The van der Waals surface area contributed by atoms with E-state index >= 15 is 0 Å². The van der Waals surface area contributed by atoms with E-state index < -0.39 is 0 Å². The molecule has 3 heteroatoms. The van der Waals surface area contributed by atoms with E-state index in [1.165, 1.54) is 11.1 Å². The van der Waals surface area contributed by atoms with E-state index in [2.05, 4.69) is 32.9 Å². The summed E-state index contributed by atoms with van der Waals surface area (Å²) in [6.07, 6.45) is 0. The largest absolute Gasteiger partial charge is 0.490 e. The Labute approximate surface area is 126 Å². The third kappa shape index (κ3) is 3.91. The van der Waals surface area contributed by atoms with E-state index in [1.54, 1.807) is 0 Å². The van der Waals surface area contributed by atoms with Crippen LogP contribution in [0.4, 0.5) is 5.69 Å². The fourth-order valence-electron chi connectivity index (χ4n) is 2.16. The minimum absolute atomic E-state index is 0.472. The second-order valence-electron chi connectivity index (χ2n) is 5.44. The SMILES string of the molecule is Cc1ccc(N)c(OCCOc2cc(C)c(C)cc2C)c1. The second-order valence-corrected chi connectivity index (χ2v) is 5.44. The van der Waals surface area contributed by atoms with Gasteiger partial charge < -0.3 is 15.2 Å². The molecule has 0 saturated heterocycles. The van der Waals surface area contributed by atoms with E-state index in [0.717, 1.165) is 22.6 Å². The molecule has 2 aromatic carbocycles. The van der Waals surface area contributed by atoms with Crippen molar-refractivity contribution in [2.24, 2.45) is 0 Å². The Kier molecular flexibility index (Phi) is 4.73. The summed E-state index contributed by atoms with van der Waals surface area (Å²) in [7, 11) is 0. The molecule has 21 heavy (non-hydrogen) atoms. The molecule has 0 aliphatic rings. The van der Waals surface area contributed by atoms with Crippen LogP contribution in [-0.2, 0) is 0 Å². The summed E-state index contributed by atoms with van der Waals surface area (Å²) in [6.45, 7) is 9.24. The first kappa shape index (κ1) is 15.2. The molecule has 0 saturated carbocycles. The predicted octanol–water partition coefficient (Wildman–Crippen LogP) is 3.96. The lowest BCUT2D eigenvalue weighted by Crippen LogP contribution is -2.10. The molecule has 0 aromatic heterocycles. The molecule has 0 spiro atoms. The van der Waals surface area contributed by atoms with Gasteiger partial charge in [0.2, 0.25) is 0 Å². The third-order valence-corrected chi connectivity index (χ3v) is 3.56. The molecular weight excluding hydrogens is 262 g/mol.